The van der Waals surface area contributed by atoms with Gasteiger partial charge in [-0.05, 0) is 64.2 Å². The molecule has 0 aliphatic heterocycles. The Kier molecular flexibility index (Phi) is 34.3. The van der Waals surface area contributed by atoms with Gasteiger partial charge in [0.2, 0.25) is 0 Å². The van der Waals surface area contributed by atoms with Crippen LogP contribution in [0, 0.1) is 0 Å². The normalized spacial score (nSPS) is 13.7. The van der Waals surface area contributed by atoms with Gasteiger partial charge in [0, 0.05) is 19.5 Å². The predicted octanol–water partition coefficient (Wildman–Crippen LogP) is 12.3. The Hall–Kier alpha value is -1.43. The van der Waals surface area contributed by atoms with Crippen LogP contribution in [0.4, 0.5) is 0 Å². The fourth-order valence-electron chi connectivity index (χ4n) is 5.52. The largest absolute Gasteiger partial charge is 0.462 e. The number of esters is 2. The molecule has 8 heteroatoms. The van der Waals surface area contributed by atoms with Gasteiger partial charge in [-0.25, -0.2) is 0 Å². The summed E-state index contributed by atoms with van der Waals surface area (Å²) in [6.45, 7) is 5.11. The summed E-state index contributed by atoms with van der Waals surface area (Å²) in [7, 11) is -3.75. The second kappa shape index (κ2) is 35.4. The SMILES string of the molecule is CCCCCCCCC=CCCCCCCCC(=O)OCC(COP(C)(=O)O)OC(=O)CCCCCCCC=CCCCCCCCC. The highest BCUT2D eigenvalue weighted by atomic mass is 31.2. The van der Waals surface area contributed by atoms with Crippen LogP contribution >= 0.6 is 7.60 Å². The van der Waals surface area contributed by atoms with Gasteiger partial charge in [-0.2, -0.15) is 0 Å². The first kappa shape index (κ1) is 46.6. The predicted molar refractivity (Wildman–Crippen MR) is 201 cm³/mol. The highest BCUT2D eigenvalue weighted by molar-refractivity contribution is 7.51. The minimum atomic E-state index is -3.75. The Bertz CT molecular complexity index is 835. The molecule has 0 radical (unpaired) electrons. The number of rotatable bonds is 36. The Morgan fingerprint density at radius 2 is 0.896 bits per heavy atom. The maximum absolute atomic E-state index is 12.4. The first-order valence-electron chi connectivity index (χ1n) is 19.9. The van der Waals surface area contributed by atoms with Crippen LogP contribution in [0.25, 0.3) is 0 Å². The molecule has 0 fully saturated rings. The van der Waals surface area contributed by atoms with Gasteiger partial charge in [-0.1, -0.05) is 141 Å². The van der Waals surface area contributed by atoms with Crippen LogP contribution in [0.3, 0.4) is 0 Å². The highest BCUT2D eigenvalue weighted by Crippen LogP contribution is 2.36. The Morgan fingerprint density at radius 3 is 1.29 bits per heavy atom. The molecule has 1 N–H and O–H groups in total. The van der Waals surface area contributed by atoms with Gasteiger partial charge in [-0.3, -0.25) is 14.2 Å². The van der Waals surface area contributed by atoms with Crippen molar-refractivity contribution in [3.63, 3.8) is 0 Å². The molecular weight excluding hydrogens is 623 g/mol. The van der Waals surface area contributed by atoms with Crippen molar-refractivity contribution in [2.24, 2.45) is 0 Å². The summed E-state index contributed by atoms with van der Waals surface area (Å²) in [6.07, 6.45) is 39.8. The number of carbonyl (C=O) groups is 2. The lowest BCUT2D eigenvalue weighted by atomic mass is 10.1. The number of ether oxygens (including phenoxy) is 2. The van der Waals surface area contributed by atoms with E-state index in [1.807, 2.05) is 0 Å². The Balaban J connectivity index is 3.97. The number of hydrogen-bond donors (Lipinski definition) is 1. The van der Waals surface area contributed by atoms with E-state index < -0.39 is 19.7 Å². The van der Waals surface area contributed by atoms with Crippen molar-refractivity contribution in [2.75, 3.05) is 19.9 Å². The van der Waals surface area contributed by atoms with Gasteiger partial charge in [0.1, 0.15) is 6.61 Å². The van der Waals surface area contributed by atoms with Crippen LogP contribution in [0.1, 0.15) is 194 Å². The summed E-state index contributed by atoms with van der Waals surface area (Å²) in [5.41, 5.74) is 0. The average molecular weight is 699 g/mol. The smallest absolute Gasteiger partial charge is 0.325 e. The fourth-order valence-corrected chi connectivity index (χ4v) is 5.96. The van der Waals surface area contributed by atoms with Crippen molar-refractivity contribution in [1.82, 2.24) is 0 Å². The van der Waals surface area contributed by atoms with E-state index in [0.29, 0.717) is 6.42 Å². The topological polar surface area (TPSA) is 99.1 Å². The zero-order valence-electron chi connectivity index (χ0n) is 31.4. The Morgan fingerprint density at radius 1 is 0.542 bits per heavy atom. The number of allylic oxidation sites excluding steroid dienone is 4. The highest BCUT2D eigenvalue weighted by Gasteiger charge is 2.21. The molecule has 0 bridgehead atoms. The van der Waals surface area contributed by atoms with Crippen molar-refractivity contribution in [3.05, 3.63) is 24.3 Å². The van der Waals surface area contributed by atoms with Crippen molar-refractivity contribution in [3.8, 4) is 0 Å². The van der Waals surface area contributed by atoms with Gasteiger partial charge in [0.15, 0.2) is 6.10 Å². The second-order valence-corrected chi connectivity index (χ2v) is 15.4. The van der Waals surface area contributed by atoms with E-state index in [1.54, 1.807) is 0 Å². The average Bonchev–Trinajstić information content (AvgIpc) is 3.05. The van der Waals surface area contributed by atoms with Crippen molar-refractivity contribution in [1.29, 1.82) is 0 Å². The third-order valence-corrected chi connectivity index (χ3v) is 9.14. The lowest BCUT2D eigenvalue weighted by molar-refractivity contribution is -0.161. The van der Waals surface area contributed by atoms with Gasteiger partial charge >= 0.3 is 19.5 Å². The second-order valence-electron chi connectivity index (χ2n) is 13.6. The van der Waals surface area contributed by atoms with Crippen molar-refractivity contribution < 1.29 is 33.0 Å². The van der Waals surface area contributed by atoms with Crippen LogP contribution in [-0.4, -0.2) is 42.8 Å². The van der Waals surface area contributed by atoms with Crippen molar-refractivity contribution >= 4 is 19.5 Å². The maximum Gasteiger partial charge on any atom is 0.325 e. The van der Waals surface area contributed by atoms with Crippen LogP contribution < -0.4 is 0 Å². The van der Waals surface area contributed by atoms with Gasteiger partial charge in [0.25, 0.3) is 0 Å². The summed E-state index contributed by atoms with van der Waals surface area (Å²) in [5.74, 6) is -0.756. The quantitative estimate of drug-likeness (QED) is 0.0301. The minimum absolute atomic E-state index is 0.179. The molecule has 0 heterocycles. The van der Waals surface area contributed by atoms with Gasteiger partial charge < -0.3 is 18.9 Å². The summed E-state index contributed by atoms with van der Waals surface area (Å²) in [5, 5.41) is 0. The summed E-state index contributed by atoms with van der Waals surface area (Å²) in [4.78, 5) is 34.2. The fraction of sp³-hybridized carbons (Fsp3) is 0.850. The third-order valence-electron chi connectivity index (χ3n) is 8.51. The molecule has 7 nitrogen and oxygen atoms in total. The van der Waals surface area contributed by atoms with E-state index in [9.17, 15) is 19.0 Å². The zero-order valence-corrected chi connectivity index (χ0v) is 32.3. The third kappa shape index (κ3) is 37.4. The minimum Gasteiger partial charge on any atom is -0.462 e. The summed E-state index contributed by atoms with van der Waals surface area (Å²) >= 11 is 0. The number of carbonyl (C=O) groups excluding carboxylic acids is 2. The molecule has 282 valence electrons. The molecule has 0 aromatic carbocycles. The van der Waals surface area contributed by atoms with E-state index in [1.165, 1.54) is 96.3 Å². The van der Waals surface area contributed by atoms with Crippen LogP contribution in [-0.2, 0) is 28.2 Å². The molecule has 0 saturated carbocycles. The lowest BCUT2D eigenvalue weighted by Crippen LogP contribution is -2.29. The van der Waals surface area contributed by atoms with E-state index >= 15 is 0 Å². The maximum atomic E-state index is 12.4. The summed E-state index contributed by atoms with van der Waals surface area (Å²) < 4.78 is 27.4. The molecule has 0 rings (SSSR count). The number of unbranched alkanes of at least 4 members (excludes halogenated alkanes) is 22. The zero-order chi connectivity index (χ0) is 35.4. The molecule has 0 aromatic rings. The van der Waals surface area contributed by atoms with Crippen LogP contribution in [0.2, 0.25) is 0 Å². The molecule has 2 atom stereocenters. The summed E-state index contributed by atoms with van der Waals surface area (Å²) in [6, 6.07) is 0. The van der Waals surface area contributed by atoms with Crippen LogP contribution in [0.15, 0.2) is 24.3 Å². The lowest BCUT2D eigenvalue weighted by Gasteiger charge is -2.19. The first-order chi connectivity index (χ1) is 23.3. The van der Waals surface area contributed by atoms with Crippen LogP contribution in [0.5, 0.6) is 0 Å². The van der Waals surface area contributed by atoms with E-state index in [4.69, 9.17) is 14.0 Å². The molecule has 0 amide bonds. The standard InChI is InChI=1S/C40H75O7P/c1-4-6-8-10-12-14-16-18-20-22-24-26-28-30-32-34-39(41)45-36-38(37-46-48(3,43)44)47-40(42)35-33-31-29-27-25-23-21-19-17-15-13-11-9-7-5-2/h18-21,38H,4-17,22-37H2,1-3H3,(H,43,44). The molecule has 2 unspecified atom stereocenters. The monoisotopic (exact) mass is 699 g/mol. The first-order valence-corrected chi connectivity index (χ1v) is 21.9. The van der Waals surface area contributed by atoms with E-state index in [2.05, 4.69) is 38.2 Å². The molecule has 0 aliphatic carbocycles. The molecule has 0 aromatic heterocycles. The number of hydrogen-bond acceptors (Lipinski definition) is 6. The molecule has 0 saturated heterocycles. The molecular formula is C40H75O7P. The molecule has 0 aliphatic rings. The van der Waals surface area contributed by atoms with E-state index in [0.717, 1.165) is 77.3 Å². The Labute approximate surface area is 296 Å². The molecule has 0 spiro atoms. The van der Waals surface area contributed by atoms with Crippen molar-refractivity contribution in [2.45, 2.75) is 200 Å². The van der Waals surface area contributed by atoms with Gasteiger partial charge in [-0.15, -0.1) is 0 Å². The van der Waals surface area contributed by atoms with E-state index in [-0.39, 0.29) is 25.6 Å². The van der Waals surface area contributed by atoms with Gasteiger partial charge in [0.05, 0.1) is 6.61 Å². The molecule has 48 heavy (non-hydrogen) atoms.